The summed E-state index contributed by atoms with van der Waals surface area (Å²) in [5, 5.41) is 5.80. The van der Waals surface area contributed by atoms with E-state index in [4.69, 9.17) is 0 Å². The van der Waals surface area contributed by atoms with E-state index < -0.39 is 0 Å². The van der Waals surface area contributed by atoms with E-state index >= 15 is 0 Å². The Morgan fingerprint density at radius 1 is 1.12 bits per heavy atom. The van der Waals surface area contributed by atoms with Gasteiger partial charge in [0.1, 0.15) is 0 Å². The van der Waals surface area contributed by atoms with Gasteiger partial charge in [0.05, 0.1) is 5.39 Å². The number of nitrogens with zero attached hydrogens (tertiary/aromatic N) is 3. The Morgan fingerprint density at radius 2 is 1.85 bits per heavy atom. The van der Waals surface area contributed by atoms with Crippen LogP contribution in [0.1, 0.15) is 62.4 Å². The molecule has 5 nitrogen and oxygen atoms in total. The molecule has 1 aromatic heterocycles. The zero-order valence-electron chi connectivity index (χ0n) is 15.5. The molecule has 0 spiro atoms. The van der Waals surface area contributed by atoms with E-state index in [0.717, 1.165) is 25.8 Å². The zero-order valence-corrected chi connectivity index (χ0v) is 15.5. The number of hydrogen-bond acceptors (Lipinski definition) is 3. The van der Waals surface area contributed by atoms with E-state index in [1.165, 1.54) is 30.4 Å². The van der Waals surface area contributed by atoms with Crippen LogP contribution in [0.2, 0.25) is 0 Å². The molecule has 1 aromatic carbocycles. The van der Waals surface area contributed by atoms with Crippen LogP contribution in [-0.2, 0) is 6.54 Å². The fraction of sp³-hybridized carbons (Fsp3) is 0.571. The van der Waals surface area contributed by atoms with E-state index in [-0.39, 0.29) is 11.5 Å². The third-order valence-electron chi connectivity index (χ3n) is 6.01. The standard InChI is InChI=1S/C21H27N3O2/c1-2-13-24-20(25)17-11-5-4-10-16(17)19(22-24)21(26)23-14-7-9-15-8-3-6-12-18(15)23/h4-5,10-11,15,18H,2-3,6-9,12-14H2,1H3/t15-,18-/m0/s1. The maximum Gasteiger partial charge on any atom is 0.275 e. The summed E-state index contributed by atoms with van der Waals surface area (Å²) < 4.78 is 1.47. The summed E-state index contributed by atoms with van der Waals surface area (Å²) in [5.41, 5.74) is 0.341. The van der Waals surface area contributed by atoms with Crippen molar-refractivity contribution >= 4 is 16.7 Å². The Labute approximate surface area is 154 Å². The predicted octanol–water partition coefficient (Wildman–Crippen LogP) is 3.60. The van der Waals surface area contributed by atoms with Gasteiger partial charge in [-0.3, -0.25) is 9.59 Å². The number of hydrogen-bond donors (Lipinski definition) is 0. The van der Waals surface area contributed by atoms with Crippen molar-refractivity contribution in [2.24, 2.45) is 5.92 Å². The van der Waals surface area contributed by atoms with Crippen molar-refractivity contribution in [1.82, 2.24) is 14.7 Å². The fourth-order valence-electron chi connectivity index (χ4n) is 4.77. The Bertz CT molecular complexity index is 871. The van der Waals surface area contributed by atoms with Crippen LogP contribution < -0.4 is 5.56 Å². The van der Waals surface area contributed by atoms with Crippen molar-refractivity contribution in [3.63, 3.8) is 0 Å². The van der Waals surface area contributed by atoms with Crippen molar-refractivity contribution in [2.75, 3.05) is 6.54 Å². The van der Waals surface area contributed by atoms with Gasteiger partial charge in [-0.25, -0.2) is 4.68 Å². The highest BCUT2D eigenvalue weighted by atomic mass is 16.2. The largest absolute Gasteiger partial charge is 0.334 e. The number of piperidine rings is 1. The number of benzene rings is 1. The van der Waals surface area contributed by atoms with Gasteiger partial charge >= 0.3 is 0 Å². The minimum Gasteiger partial charge on any atom is -0.334 e. The third kappa shape index (κ3) is 2.93. The molecule has 0 radical (unpaired) electrons. The molecular weight excluding hydrogens is 326 g/mol. The number of carbonyl (C=O) groups is 1. The molecule has 1 saturated heterocycles. The quantitative estimate of drug-likeness (QED) is 0.847. The van der Waals surface area contributed by atoms with Gasteiger partial charge in [-0.05, 0) is 44.1 Å². The second-order valence-electron chi connectivity index (χ2n) is 7.68. The highest BCUT2D eigenvalue weighted by Gasteiger charge is 2.37. The summed E-state index contributed by atoms with van der Waals surface area (Å²) in [6.45, 7) is 3.36. The van der Waals surface area contributed by atoms with Crippen molar-refractivity contribution in [3.8, 4) is 0 Å². The maximum atomic E-state index is 13.5. The Hall–Kier alpha value is -2.17. The summed E-state index contributed by atoms with van der Waals surface area (Å²) in [5.74, 6) is 0.636. The van der Waals surface area contributed by atoms with Gasteiger partial charge in [-0.2, -0.15) is 5.10 Å². The molecule has 2 aliphatic rings. The maximum absolute atomic E-state index is 13.5. The lowest BCUT2D eigenvalue weighted by Crippen LogP contribution is -2.50. The molecule has 2 aromatic rings. The van der Waals surface area contributed by atoms with Gasteiger partial charge in [-0.15, -0.1) is 0 Å². The summed E-state index contributed by atoms with van der Waals surface area (Å²) in [4.78, 5) is 28.2. The number of carbonyl (C=O) groups excluding carboxylic acids is 1. The minimum atomic E-state index is -0.104. The summed E-state index contributed by atoms with van der Waals surface area (Å²) in [6.07, 6.45) is 7.94. The SMILES string of the molecule is CCCn1nc(C(=O)N2CCC[C@@H]3CCCC[C@@H]32)c2ccccc2c1=O. The first-order valence-corrected chi connectivity index (χ1v) is 10.0. The van der Waals surface area contributed by atoms with E-state index in [0.29, 0.717) is 35.0 Å². The molecule has 5 heteroatoms. The molecule has 1 amide bonds. The highest BCUT2D eigenvalue weighted by molar-refractivity contribution is 6.04. The van der Waals surface area contributed by atoms with Gasteiger partial charge in [0, 0.05) is 24.5 Å². The van der Waals surface area contributed by atoms with Crippen LogP contribution in [0.25, 0.3) is 10.8 Å². The normalized spacial score (nSPS) is 23.0. The highest BCUT2D eigenvalue weighted by Crippen LogP contribution is 2.36. The van der Waals surface area contributed by atoms with Gasteiger partial charge in [0.2, 0.25) is 0 Å². The molecular formula is C21H27N3O2. The monoisotopic (exact) mass is 353 g/mol. The van der Waals surface area contributed by atoms with Crippen molar-refractivity contribution in [3.05, 3.63) is 40.3 Å². The molecule has 26 heavy (non-hydrogen) atoms. The van der Waals surface area contributed by atoms with E-state index in [1.807, 2.05) is 31.2 Å². The van der Waals surface area contributed by atoms with Gasteiger partial charge in [-0.1, -0.05) is 38.0 Å². The lowest BCUT2D eigenvalue weighted by Gasteiger charge is -2.44. The van der Waals surface area contributed by atoms with Crippen molar-refractivity contribution in [1.29, 1.82) is 0 Å². The zero-order chi connectivity index (χ0) is 18.1. The third-order valence-corrected chi connectivity index (χ3v) is 6.01. The number of likely N-dealkylation sites (tertiary alicyclic amines) is 1. The van der Waals surface area contributed by atoms with E-state index in [9.17, 15) is 9.59 Å². The van der Waals surface area contributed by atoms with Crippen LogP contribution in [0.4, 0.5) is 0 Å². The minimum absolute atomic E-state index is 0.00246. The molecule has 2 fully saturated rings. The number of rotatable bonds is 3. The average Bonchev–Trinajstić information content (AvgIpc) is 2.69. The number of aromatic nitrogens is 2. The van der Waals surface area contributed by atoms with Crippen LogP contribution in [0, 0.1) is 5.92 Å². The topological polar surface area (TPSA) is 55.2 Å². The summed E-state index contributed by atoms with van der Waals surface area (Å²) in [7, 11) is 0. The molecule has 0 bridgehead atoms. The molecule has 138 valence electrons. The predicted molar refractivity (Wildman–Crippen MR) is 102 cm³/mol. The number of aryl methyl sites for hydroxylation is 1. The van der Waals surface area contributed by atoms with Gasteiger partial charge in [0.25, 0.3) is 11.5 Å². The Kier molecular flexibility index (Phi) is 4.79. The first-order valence-electron chi connectivity index (χ1n) is 10.0. The van der Waals surface area contributed by atoms with E-state index in [2.05, 4.69) is 10.00 Å². The second kappa shape index (κ2) is 7.22. The summed E-state index contributed by atoms with van der Waals surface area (Å²) in [6, 6.07) is 7.74. The Balaban J connectivity index is 1.78. The van der Waals surface area contributed by atoms with Crippen molar-refractivity contribution < 1.29 is 4.79 Å². The number of amides is 1. The van der Waals surface area contributed by atoms with Gasteiger partial charge in [0.15, 0.2) is 5.69 Å². The molecule has 0 N–H and O–H groups in total. The lowest BCUT2D eigenvalue weighted by molar-refractivity contribution is 0.0385. The van der Waals surface area contributed by atoms with Crippen LogP contribution >= 0.6 is 0 Å². The number of fused-ring (bicyclic) bond motifs is 2. The van der Waals surface area contributed by atoms with Crippen molar-refractivity contribution in [2.45, 2.75) is 64.5 Å². The average molecular weight is 353 g/mol. The molecule has 1 saturated carbocycles. The molecule has 2 atom stereocenters. The van der Waals surface area contributed by atoms with E-state index in [1.54, 1.807) is 0 Å². The summed E-state index contributed by atoms with van der Waals surface area (Å²) >= 11 is 0. The molecule has 0 unspecified atom stereocenters. The molecule has 2 heterocycles. The molecule has 1 aliphatic heterocycles. The second-order valence-corrected chi connectivity index (χ2v) is 7.68. The lowest BCUT2D eigenvalue weighted by atomic mass is 9.78. The first kappa shape index (κ1) is 17.3. The Morgan fingerprint density at radius 3 is 2.65 bits per heavy atom. The van der Waals surface area contributed by atoms with Crippen LogP contribution in [0.5, 0.6) is 0 Å². The molecule has 4 rings (SSSR count). The fourth-order valence-corrected chi connectivity index (χ4v) is 4.77. The van der Waals surface area contributed by atoms with Crippen LogP contribution in [0.3, 0.4) is 0 Å². The van der Waals surface area contributed by atoms with Crippen LogP contribution in [0.15, 0.2) is 29.1 Å². The molecule has 1 aliphatic carbocycles. The van der Waals surface area contributed by atoms with Gasteiger partial charge < -0.3 is 4.90 Å². The van der Waals surface area contributed by atoms with Crippen LogP contribution in [-0.4, -0.2) is 33.2 Å². The smallest absolute Gasteiger partial charge is 0.275 e. The first-order chi connectivity index (χ1) is 12.7.